The molecule has 0 aromatic heterocycles. The molecule has 8 heteroatoms. The quantitative estimate of drug-likeness (QED) is 0.344. The van der Waals surface area contributed by atoms with Crippen LogP contribution in [-0.2, 0) is 11.3 Å². The van der Waals surface area contributed by atoms with Gasteiger partial charge in [-0.1, -0.05) is 26.0 Å². The fourth-order valence-corrected chi connectivity index (χ4v) is 4.33. The van der Waals surface area contributed by atoms with Gasteiger partial charge in [-0.3, -0.25) is 9.79 Å². The summed E-state index contributed by atoms with van der Waals surface area (Å²) in [5, 5.41) is 7.06. The predicted molar refractivity (Wildman–Crippen MR) is 132 cm³/mol. The molecule has 1 fully saturated rings. The standard InChI is InChI=1S/C20H33N5OS.HI/c1-15(2)18-13-25(9-10-27-18)20(21-3)22-12-16-7-6-8-17(11-16)23-19(26)14-24(4)5;/h6-8,11,15,18H,9-10,12-14H2,1-5H3,(H,21,22)(H,23,26);1H. The second-order valence-corrected chi connectivity index (χ2v) is 8.83. The molecule has 1 atom stereocenters. The Hall–Kier alpha value is -1.00. The summed E-state index contributed by atoms with van der Waals surface area (Å²) in [6.07, 6.45) is 0. The normalized spacial score (nSPS) is 17.5. The Balaban J connectivity index is 0.00000392. The maximum atomic E-state index is 11.9. The molecular weight excluding hydrogens is 485 g/mol. The van der Waals surface area contributed by atoms with Crippen LogP contribution in [-0.4, -0.2) is 73.4 Å². The lowest BCUT2D eigenvalue weighted by Crippen LogP contribution is -2.48. The number of halogens is 1. The molecule has 1 aromatic rings. The summed E-state index contributed by atoms with van der Waals surface area (Å²) < 4.78 is 0. The topological polar surface area (TPSA) is 60.0 Å². The van der Waals surface area contributed by atoms with Gasteiger partial charge in [-0.25, -0.2) is 0 Å². The molecule has 0 bridgehead atoms. The van der Waals surface area contributed by atoms with Gasteiger partial charge in [0.15, 0.2) is 5.96 Å². The second kappa shape index (κ2) is 12.5. The number of aliphatic imine (C=N–C) groups is 1. The summed E-state index contributed by atoms with van der Waals surface area (Å²) in [7, 11) is 5.61. The third-order valence-corrected chi connectivity index (χ3v) is 6.01. The number of benzene rings is 1. The first-order valence-corrected chi connectivity index (χ1v) is 10.5. The zero-order chi connectivity index (χ0) is 19.8. The van der Waals surface area contributed by atoms with Gasteiger partial charge in [0.1, 0.15) is 0 Å². The van der Waals surface area contributed by atoms with E-state index in [1.807, 2.05) is 44.2 Å². The fourth-order valence-electron chi connectivity index (χ4n) is 3.03. The van der Waals surface area contributed by atoms with Gasteiger partial charge in [-0.05, 0) is 37.7 Å². The van der Waals surface area contributed by atoms with Crippen molar-refractivity contribution in [2.24, 2.45) is 10.9 Å². The van der Waals surface area contributed by atoms with Crippen molar-refractivity contribution in [1.29, 1.82) is 0 Å². The van der Waals surface area contributed by atoms with E-state index in [4.69, 9.17) is 0 Å². The number of hydrogen-bond donors (Lipinski definition) is 2. The first-order chi connectivity index (χ1) is 12.9. The Bertz CT molecular complexity index is 653. The molecule has 1 unspecified atom stereocenters. The van der Waals surface area contributed by atoms with Gasteiger partial charge >= 0.3 is 0 Å². The van der Waals surface area contributed by atoms with Crippen LogP contribution in [0.25, 0.3) is 0 Å². The minimum Gasteiger partial charge on any atom is -0.352 e. The molecule has 28 heavy (non-hydrogen) atoms. The van der Waals surface area contributed by atoms with Crippen LogP contribution in [0, 0.1) is 5.92 Å². The van der Waals surface area contributed by atoms with Crippen molar-refractivity contribution in [2.45, 2.75) is 25.6 Å². The Kier molecular flexibility index (Phi) is 11.2. The molecule has 158 valence electrons. The monoisotopic (exact) mass is 519 g/mol. The number of nitrogens with one attached hydrogen (secondary N) is 2. The number of guanidine groups is 1. The van der Waals surface area contributed by atoms with Gasteiger partial charge in [-0.15, -0.1) is 24.0 Å². The average Bonchev–Trinajstić information content (AvgIpc) is 2.62. The molecule has 0 saturated carbocycles. The molecule has 1 aliphatic heterocycles. The van der Waals surface area contributed by atoms with Crippen LogP contribution < -0.4 is 10.6 Å². The van der Waals surface area contributed by atoms with Gasteiger partial charge in [0, 0.05) is 43.4 Å². The van der Waals surface area contributed by atoms with Crippen LogP contribution in [0.1, 0.15) is 19.4 Å². The highest BCUT2D eigenvalue weighted by molar-refractivity contribution is 14.0. The summed E-state index contributed by atoms with van der Waals surface area (Å²) in [6.45, 7) is 7.68. The Morgan fingerprint density at radius 2 is 2.14 bits per heavy atom. The Labute approximate surface area is 190 Å². The van der Waals surface area contributed by atoms with E-state index in [9.17, 15) is 4.79 Å². The SMILES string of the molecule is CN=C(NCc1cccc(NC(=O)CN(C)C)c1)N1CCSC(C(C)C)C1.I. The number of likely N-dealkylation sites (N-methyl/N-ethyl adjacent to an activating group) is 1. The lowest BCUT2D eigenvalue weighted by atomic mass is 10.1. The molecule has 0 radical (unpaired) electrons. The average molecular weight is 519 g/mol. The molecule has 6 nitrogen and oxygen atoms in total. The van der Waals surface area contributed by atoms with Gasteiger partial charge in [0.2, 0.25) is 5.91 Å². The van der Waals surface area contributed by atoms with E-state index in [-0.39, 0.29) is 29.9 Å². The summed E-state index contributed by atoms with van der Waals surface area (Å²) in [5.74, 6) is 2.74. The number of anilines is 1. The number of nitrogens with zero attached hydrogens (tertiary/aromatic N) is 3. The van der Waals surface area contributed by atoms with Crippen LogP contribution >= 0.6 is 35.7 Å². The summed E-state index contributed by atoms with van der Waals surface area (Å²) >= 11 is 2.06. The minimum atomic E-state index is -0.00790. The molecule has 1 amide bonds. The molecule has 1 saturated heterocycles. The molecule has 2 N–H and O–H groups in total. The molecule has 0 aliphatic carbocycles. The van der Waals surface area contributed by atoms with Crippen molar-refractivity contribution in [2.75, 3.05) is 51.8 Å². The fraction of sp³-hybridized carbons (Fsp3) is 0.600. The van der Waals surface area contributed by atoms with E-state index in [1.165, 1.54) is 0 Å². The Morgan fingerprint density at radius 1 is 1.39 bits per heavy atom. The molecule has 1 heterocycles. The van der Waals surface area contributed by atoms with Crippen molar-refractivity contribution >= 4 is 53.3 Å². The maximum absolute atomic E-state index is 11.9. The maximum Gasteiger partial charge on any atom is 0.238 e. The van der Waals surface area contributed by atoms with Gasteiger partial charge in [0.25, 0.3) is 0 Å². The van der Waals surface area contributed by atoms with Crippen molar-refractivity contribution in [1.82, 2.24) is 15.1 Å². The highest BCUT2D eigenvalue weighted by Crippen LogP contribution is 2.24. The highest BCUT2D eigenvalue weighted by Gasteiger charge is 2.24. The van der Waals surface area contributed by atoms with Crippen LogP contribution in [0.4, 0.5) is 5.69 Å². The lowest BCUT2D eigenvalue weighted by molar-refractivity contribution is -0.116. The van der Waals surface area contributed by atoms with E-state index >= 15 is 0 Å². The molecular formula is C20H34IN5OS. The third kappa shape index (κ3) is 8.16. The third-order valence-electron chi connectivity index (χ3n) is 4.47. The van der Waals surface area contributed by atoms with E-state index in [0.717, 1.165) is 36.1 Å². The van der Waals surface area contributed by atoms with Gasteiger partial charge in [-0.2, -0.15) is 11.8 Å². The van der Waals surface area contributed by atoms with Crippen molar-refractivity contribution in [3.05, 3.63) is 29.8 Å². The van der Waals surface area contributed by atoms with E-state index in [0.29, 0.717) is 24.3 Å². The van der Waals surface area contributed by atoms with Crippen molar-refractivity contribution < 1.29 is 4.79 Å². The number of carbonyl (C=O) groups is 1. The summed E-state index contributed by atoms with van der Waals surface area (Å²) in [5.41, 5.74) is 1.94. The van der Waals surface area contributed by atoms with E-state index in [1.54, 1.807) is 0 Å². The molecule has 2 rings (SSSR count). The predicted octanol–water partition coefficient (Wildman–Crippen LogP) is 2.95. The lowest BCUT2D eigenvalue weighted by Gasteiger charge is -2.36. The minimum absolute atomic E-state index is 0. The zero-order valence-electron chi connectivity index (χ0n) is 17.6. The molecule has 1 aromatic carbocycles. The van der Waals surface area contributed by atoms with Crippen molar-refractivity contribution in [3.8, 4) is 0 Å². The zero-order valence-corrected chi connectivity index (χ0v) is 20.7. The van der Waals surface area contributed by atoms with Crippen molar-refractivity contribution in [3.63, 3.8) is 0 Å². The Morgan fingerprint density at radius 3 is 2.79 bits per heavy atom. The smallest absolute Gasteiger partial charge is 0.238 e. The van der Waals surface area contributed by atoms with E-state index < -0.39 is 0 Å². The van der Waals surface area contributed by atoms with Crippen LogP contribution in [0.2, 0.25) is 0 Å². The van der Waals surface area contributed by atoms with E-state index in [2.05, 4.69) is 52.2 Å². The molecule has 1 aliphatic rings. The summed E-state index contributed by atoms with van der Waals surface area (Å²) in [4.78, 5) is 20.6. The first-order valence-electron chi connectivity index (χ1n) is 9.49. The summed E-state index contributed by atoms with van der Waals surface area (Å²) in [6, 6.07) is 7.96. The number of hydrogen-bond acceptors (Lipinski definition) is 4. The van der Waals surface area contributed by atoms with Crippen LogP contribution in [0.5, 0.6) is 0 Å². The number of carbonyl (C=O) groups excluding carboxylic acids is 1. The van der Waals surface area contributed by atoms with Gasteiger partial charge in [0.05, 0.1) is 6.54 Å². The molecule has 0 spiro atoms. The number of amides is 1. The van der Waals surface area contributed by atoms with Crippen LogP contribution in [0.15, 0.2) is 29.3 Å². The first kappa shape index (κ1) is 25.0. The number of thioether (sulfide) groups is 1. The number of rotatable bonds is 6. The van der Waals surface area contributed by atoms with Crippen LogP contribution in [0.3, 0.4) is 0 Å². The second-order valence-electron chi connectivity index (χ2n) is 7.49. The highest BCUT2D eigenvalue weighted by atomic mass is 127. The van der Waals surface area contributed by atoms with Gasteiger partial charge < -0.3 is 20.4 Å². The largest absolute Gasteiger partial charge is 0.352 e.